The predicted molar refractivity (Wildman–Crippen MR) is 85.8 cm³/mol. The fourth-order valence-electron chi connectivity index (χ4n) is 3.88. The van der Waals surface area contributed by atoms with E-state index < -0.39 is 0 Å². The molecule has 0 radical (unpaired) electrons. The Kier molecular flexibility index (Phi) is 2.98. The lowest BCUT2D eigenvalue weighted by Gasteiger charge is -2.36. The molecule has 1 atom stereocenters. The van der Waals surface area contributed by atoms with Crippen LogP contribution in [0.3, 0.4) is 0 Å². The molecule has 0 spiro atoms. The van der Waals surface area contributed by atoms with Gasteiger partial charge in [-0.1, -0.05) is 0 Å². The second kappa shape index (κ2) is 4.78. The van der Waals surface area contributed by atoms with Crippen LogP contribution < -0.4 is 9.47 Å². The molecule has 0 saturated heterocycles. The Morgan fingerprint density at radius 2 is 1.77 bits per heavy atom. The lowest BCUT2D eigenvalue weighted by Crippen LogP contribution is -2.40. The summed E-state index contributed by atoms with van der Waals surface area (Å²) in [5, 5.41) is 0. The summed E-state index contributed by atoms with van der Waals surface area (Å²) >= 11 is 0. The summed E-state index contributed by atoms with van der Waals surface area (Å²) in [6.45, 7) is 9.37. The lowest BCUT2D eigenvalue weighted by molar-refractivity contribution is 0.135. The predicted octanol–water partition coefficient (Wildman–Crippen LogP) is 3.73. The molecule has 22 heavy (non-hydrogen) atoms. The molecule has 116 valence electrons. The third-order valence-corrected chi connectivity index (χ3v) is 4.63. The van der Waals surface area contributed by atoms with Gasteiger partial charge in [0.05, 0.1) is 11.7 Å². The molecule has 0 bridgehead atoms. The standard InChI is InChI=1S/C18H22N2O2/c1-11(2)20(12(3)4)18-13-8-16-17(22-10-21-16)9-15(13)19-7-5-6-14(18)19/h5-9,11-12,18H,10H2,1-4H3. The number of rotatable bonds is 3. The molecular weight excluding hydrogens is 276 g/mol. The Morgan fingerprint density at radius 1 is 1.09 bits per heavy atom. The van der Waals surface area contributed by atoms with E-state index in [4.69, 9.17) is 9.47 Å². The van der Waals surface area contributed by atoms with Gasteiger partial charge in [0.2, 0.25) is 6.79 Å². The van der Waals surface area contributed by atoms with Crippen LogP contribution in [0, 0.1) is 0 Å². The van der Waals surface area contributed by atoms with Crippen molar-refractivity contribution in [2.75, 3.05) is 6.79 Å². The number of nitrogens with zero attached hydrogens (tertiary/aromatic N) is 2. The highest BCUT2D eigenvalue weighted by molar-refractivity contribution is 5.62. The first-order valence-corrected chi connectivity index (χ1v) is 7.96. The summed E-state index contributed by atoms with van der Waals surface area (Å²) < 4.78 is 13.4. The number of benzene rings is 1. The van der Waals surface area contributed by atoms with Crippen LogP contribution >= 0.6 is 0 Å². The van der Waals surface area contributed by atoms with Crippen molar-refractivity contribution in [3.05, 3.63) is 41.7 Å². The number of hydrogen-bond acceptors (Lipinski definition) is 3. The van der Waals surface area contributed by atoms with Gasteiger partial charge in [-0.05, 0) is 45.9 Å². The second-order valence-electron chi connectivity index (χ2n) is 6.60. The highest BCUT2D eigenvalue weighted by Crippen LogP contribution is 2.47. The van der Waals surface area contributed by atoms with Crippen LogP contribution in [0.5, 0.6) is 11.5 Å². The van der Waals surface area contributed by atoms with Crippen molar-refractivity contribution in [3.63, 3.8) is 0 Å². The molecule has 1 unspecified atom stereocenters. The maximum Gasteiger partial charge on any atom is 0.231 e. The van der Waals surface area contributed by atoms with Gasteiger partial charge in [0, 0.05) is 35.6 Å². The maximum atomic E-state index is 5.60. The van der Waals surface area contributed by atoms with Crippen molar-refractivity contribution in [1.29, 1.82) is 0 Å². The number of ether oxygens (including phenoxy) is 2. The van der Waals surface area contributed by atoms with Gasteiger partial charge in [-0.15, -0.1) is 0 Å². The molecular formula is C18H22N2O2. The van der Waals surface area contributed by atoms with Crippen molar-refractivity contribution >= 4 is 0 Å². The number of aromatic nitrogens is 1. The van der Waals surface area contributed by atoms with E-state index in [1.54, 1.807) is 0 Å². The van der Waals surface area contributed by atoms with E-state index in [1.807, 2.05) is 0 Å². The SMILES string of the molecule is CC(C)N(C(C)C)C1c2cc3c(cc2-n2cccc21)OCO3. The first-order chi connectivity index (χ1) is 10.6. The second-order valence-corrected chi connectivity index (χ2v) is 6.60. The molecule has 0 saturated carbocycles. The Hall–Kier alpha value is -1.94. The highest BCUT2D eigenvalue weighted by Gasteiger charge is 2.37. The van der Waals surface area contributed by atoms with Crippen LogP contribution in [-0.4, -0.2) is 28.3 Å². The van der Waals surface area contributed by atoms with E-state index in [2.05, 4.69) is 67.6 Å². The highest BCUT2D eigenvalue weighted by atomic mass is 16.7. The van der Waals surface area contributed by atoms with E-state index in [-0.39, 0.29) is 6.04 Å². The van der Waals surface area contributed by atoms with Crippen molar-refractivity contribution in [2.45, 2.75) is 45.8 Å². The van der Waals surface area contributed by atoms with Gasteiger partial charge in [0.25, 0.3) is 0 Å². The molecule has 4 rings (SSSR count). The van der Waals surface area contributed by atoms with Gasteiger partial charge in [-0.2, -0.15) is 0 Å². The molecule has 2 aromatic rings. The molecule has 2 aliphatic rings. The molecule has 0 amide bonds. The Bertz CT molecular complexity index is 710. The average Bonchev–Trinajstić information content (AvgIpc) is 3.14. The van der Waals surface area contributed by atoms with Crippen LogP contribution in [-0.2, 0) is 0 Å². The first kappa shape index (κ1) is 13.7. The van der Waals surface area contributed by atoms with Crippen molar-refractivity contribution in [1.82, 2.24) is 9.47 Å². The third-order valence-electron chi connectivity index (χ3n) is 4.63. The van der Waals surface area contributed by atoms with E-state index >= 15 is 0 Å². The van der Waals surface area contributed by atoms with Crippen molar-refractivity contribution in [2.24, 2.45) is 0 Å². The van der Waals surface area contributed by atoms with E-state index in [9.17, 15) is 0 Å². The fourth-order valence-corrected chi connectivity index (χ4v) is 3.88. The molecule has 0 N–H and O–H groups in total. The largest absolute Gasteiger partial charge is 0.454 e. The van der Waals surface area contributed by atoms with Gasteiger partial charge in [0.1, 0.15) is 0 Å². The lowest BCUT2D eigenvalue weighted by atomic mass is 10.00. The first-order valence-electron chi connectivity index (χ1n) is 7.96. The summed E-state index contributed by atoms with van der Waals surface area (Å²) in [7, 11) is 0. The summed E-state index contributed by atoms with van der Waals surface area (Å²) in [4.78, 5) is 2.56. The van der Waals surface area contributed by atoms with Gasteiger partial charge in [-0.3, -0.25) is 4.90 Å². The molecule has 0 fully saturated rings. The van der Waals surface area contributed by atoms with E-state index in [1.165, 1.54) is 16.9 Å². The van der Waals surface area contributed by atoms with Crippen molar-refractivity contribution < 1.29 is 9.47 Å². The maximum absolute atomic E-state index is 5.60. The number of hydrogen-bond donors (Lipinski definition) is 0. The molecule has 2 aliphatic heterocycles. The van der Waals surface area contributed by atoms with Gasteiger partial charge in [0.15, 0.2) is 11.5 Å². The summed E-state index contributed by atoms with van der Waals surface area (Å²) in [6.07, 6.45) is 2.13. The minimum absolute atomic E-state index is 0.263. The zero-order chi connectivity index (χ0) is 15.4. The van der Waals surface area contributed by atoms with Crippen LogP contribution in [0.25, 0.3) is 5.69 Å². The Balaban J connectivity index is 1.91. The van der Waals surface area contributed by atoms with Gasteiger partial charge in [-0.25, -0.2) is 0 Å². The van der Waals surface area contributed by atoms with Gasteiger partial charge < -0.3 is 14.0 Å². The summed E-state index contributed by atoms with van der Waals surface area (Å²) in [5.74, 6) is 1.71. The molecule has 3 heterocycles. The average molecular weight is 298 g/mol. The van der Waals surface area contributed by atoms with Crippen molar-refractivity contribution in [3.8, 4) is 17.2 Å². The fraction of sp³-hybridized carbons (Fsp3) is 0.444. The number of fused-ring (bicyclic) bond motifs is 4. The third kappa shape index (κ3) is 1.80. The molecule has 1 aromatic carbocycles. The molecule has 0 aliphatic carbocycles. The minimum atomic E-state index is 0.263. The normalized spacial score (nSPS) is 18.4. The quantitative estimate of drug-likeness (QED) is 0.864. The van der Waals surface area contributed by atoms with Crippen LogP contribution in [0.15, 0.2) is 30.5 Å². The molecule has 4 heteroatoms. The Morgan fingerprint density at radius 3 is 2.45 bits per heavy atom. The Labute approximate surface area is 131 Å². The topological polar surface area (TPSA) is 26.6 Å². The summed E-state index contributed by atoms with van der Waals surface area (Å²) in [5.41, 5.74) is 3.84. The van der Waals surface area contributed by atoms with Crippen LogP contribution in [0.2, 0.25) is 0 Å². The monoisotopic (exact) mass is 298 g/mol. The smallest absolute Gasteiger partial charge is 0.231 e. The summed E-state index contributed by atoms with van der Waals surface area (Å²) in [6, 6.07) is 9.80. The van der Waals surface area contributed by atoms with E-state index in [0.29, 0.717) is 18.9 Å². The van der Waals surface area contributed by atoms with Crippen LogP contribution in [0.1, 0.15) is 45.0 Å². The van der Waals surface area contributed by atoms with Gasteiger partial charge >= 0.3 is 0 Å². The van der Waals surface area contributed by atoms with Crippen LogP contribution in [0.4, 0.5) is 0 Å². The minimum Gasteiger partial charge on any atom is -0.454 e. The molecule has 1 aromatic heterocycles. The zero-order valence-electron chi connectivity index (χ0n) is 13.5. The van der Waals surface area contributed by atoms with E-state index in [0.717, 1.165) is 11.5 Å². The zero-order valence-corrected chi connectivity index (χ0v) is 13.5. The molecule has 4 nitrogen and oxygen atoms in total.